The molecule has 1 aromatic heterocycles. The van der Waals surface area contributed by atoms with Crippen LogP contribution in [0.25, 0.3) is 10.9 Å². The van der Waals surface area contributed by atoms with Gasteiger partial charge in [0.25, 0.3) is 5.91 Å². The van der Waals surface area contributed by atoms with E-state index in [-0.39, 0.29) is 5.91 Å². The van der Waals surface area contributed by atoms with E-state index in [1.54, 1.807) is 0 Å². The standard InChI is InChI=1S/C22H24ClN3O/c1-16-6-3-4-7-17(16)15-25-10-12-26(13-11-25)22(27)21-14-18-19(23)8-5-9-20(18)24(21)2/h3-9,14H,10-13,15H2,1-2H3. The van der Waals surface area contributed by atoms with E-state index in [0.717, 1.165) is 43.6 Å². The molecule has 0 bridgehead atoms. The van der Waals surface area contributed by atoms with Crippen LogP contribution in [-0.4, -0.2) is 46.5 Å². The Morgan fingerprint density at radius 2 is 1.78 bits per heavy atom. The molecule has 1 aliphatic heterocycles. The molecule has 0 atom stereocenters. The first-order valence-electron chi connectivity index (χ1n) is 9.34. The van der Waals surface area contributed by atoms with Crippen LogP contribution >= 0.6 is 11.6 Å². The first kappa shape index (κ1) is 18.1. The second kappa shape index (κ2) is 7.37. The molecular weight excluding hydrogens is 358 g/mol. The second-order valence-electron chi connectivity index (χ2n) is 7.26. The zero-order chi connectivity index (χ0) is 19.0. The van der Waals surface area contributed by atoms with Crippen LogP contribution in [-0.2, 0) is 13.6 Å². The van der Waals surface area contributed by atoms with E-state index in [9.17, 15) is 4.79 Å². The lowest BCUT2D eigenvalue weighted by Gasteiger charge is -2.35. The topological polar surface area (TPSA) is 28.5 Å². The van der Waals surface area contributed by atoms with Gasteiger partial charge in [-0.05, 0) is 36.2 Å². The van der Waals surface area contributed by atoms with Crippen molar-refractivity contribution < 1.29 is 4.79 Å². The summed E-state index contributed by atoms with van der Waals surface area (Å²) in [7, 11) is 1.93. The number of hydrogen-bond donors (Lipinski definition) is 0. The summed E-state index contributed by atoms with van der Waals surface area (Å²) in [5.41, 5.74) is 4.37. The molecule has 1 fully saturated rings. The van der Waals surface area contributed by atoms with Crippen molar-refractivity contribution in [1.82, 2.24) is 14.4 Å². The van der Waals surface area contributed by atoms with E-state index in [2.05, 4.69) is 36.1 Å². The molecule has 0 radical (unpaired) electrons. The predicted octanol–water partition coefficient (Wildman–Crippen LogP) is 4.10. The Balaban J connectivity index is 1.45. The third kappa shape index (κ3) is 3.47. The molecule has 0 saturated carbocycles. The Bertz CT molecular complexity index is 986. The van der Waals surface area contributed by atoms with E-state index < -0.39 is 0 Å². The molecular formula is C22H24ClN3O. The molecule has 140 valence electrons. The number of carbonyl (C=O) groups is 1. The fraction of sp³-hybridized carbons (Fsp3) is 0.318. The van der Waals surface area contributed by atoms with Crippen molar-refractivity contribution in [2.45, 2.75) is 13.5 Å². The van der Waals surface area contributed by atoms with Gasteiger partial charge < -0.3 is 9.47 Å². The summed E-state index contributed by atoms with van der Waals surface area (Å²) in [6, 6.07) is 16.2. The molecule has 5 heteroatoms. The van der Waals surface area contributed by atoms with Gasteiger partial charge in [0.15, 0.2) is 0 Å². The zero-order valence-corrected chi connectivity index (χ0v) is 16.5. The first-order chi connectivity index (χ1) is 13.0. The summed E-state index contributed by atoms with van der Waals surface area (Å²) in [5, 5.41) is 1.62. The molecule has 0 spiro atoms. The first-order valence-corrected chi connectivity index (χ1v) is 9.72. The van der Waals surface area contributed by atoms with Crippen molar-refractivity contribution in [3.8, 4) is 0 Å². The third-order valence-corrected chi connectivity index (χ3v) is 5.90. The molecule has 3 aromatic rings. The monoisotopic (exact) mass is 381 g/mol. The quantitative estimate of drug-likeness (QED) is 0.683. The average molecular weight is 382 g/mol. The van der Waals surface area contributed by atoms with E-state index in [1.807, 2.05) is 40.8 Å². The number of nitrogens with zero attached hydrogens (tertiary/aromatic N) is 3. The van der Waals surface area contributed by atoms with Crippen LogP contribution in [0.15, 0.2) is 48.5 Å². The molecule has 0 aliphatic carbocycles. The highest BCUT2D eigenvalue weighted by Crippen LogP contribution is 2.27. The van der Waals surface area contributed by atoms with Gasteiger partial charge in [0.05, 0.1) is 0 Å². The van der Waals surface area contributed by atoms with Crippen LogP contribution in [0.1, 0.15) is 21.6 Å². The van der Waals surface area contributed by atoms with Gasteiger partial charge in [-0.1, -0.05) is 41.9 Å². The average Bonchev–Trinajstić information content (AvgIpc) is 3.02. The Morgan fingerprint density at radius 1 is 1.04 bits per heavy atom. The second-order valence-corrected chi connectivity index (χ2v) is 7.66. The number of aromatic nitrogens is 1. The van der Waals surface area contributed by atoms with Gasteiger partial charge in [-0.25, -0.2) is 0 Å². The maximum absolute atomic E-state index is 13.1. The zero-order valence-electron chi connectivity index (χ0n) is 15.8. The predicted molar refractivity (Wildman–Crippen MR) is 110 cm³/mol. The number of piperazine rings is 1. The van der Waals surface area contributed by atoms with Gasteiger partial charge in [-0.15, -0.1) is 0 Å². The number of carbonyl (C=O) groups excluding carboxylic acids is 1. The lowest BCUT2D eigenvalue weighted by Crippen LogP contribution is -2.48. The number of rotatable bonds is 3. The number of amides is 1. The van der Waals surface area contributed by atoms with Gasteiger partial charge in [-0.3, -0.25) is 9.69 Å². The summed E-state index contributed by atoms with van der Waals surface area (Å²) < 4.78 is 1.95. The lowest BCUT2D eigenvalue weighted by atomic mass is 10.1. The number of benzene rings is 2. The number of aryl methyl sites for hydroxylation is 2. The van der Waals surface area contributed by atoms with Crippen LogP contribution in [0.4, 0.5) is 0 Å². The fourth-order valence-electron chi connectivity index (χ4n) is 3.83. The molecule has 1 amide bonds. The van der Waals surface area contributed by atoms with Gasteiger partial charge >= 0.3 is 0 Å². The number of fused-ring (bicyclic) bond motifs is 1. The van der Waals surface area contributed by atoms with Crippen molar-refractivity contribution in [3.05, 3.63) is 70.4 Å². The molecule has 27 heavy (non-hydrogen) atoms. The van der Waals surface area contributed by atoms with E-state index in [0.29, 0.717) is 10.7 Å². The van der Waals surface area contributed by atoms with Crippen molar-refractivity contribution in [1.29, 1.82) is 0 Å². The van der Waals surface area contributed by atoms with Gasteiger partial charge in [-0.2, -0.15) is 0 Å². The van der Waals surface area contributed by atoms with Gasteiger partial charge in [0.1, 0.15) is 5.69 Å². The molecule has 4 rings (SSSR count). The van der Waals surface area contributed by atoms with Crippen LogP contribution in [0.2, 0.25) is 5.02 Å². The smallest absolute Gasteiger partial charge is 0.270 e. The Hall–Kier alpha value is -2.30. The highest BCUT2D eigenvalue weighted by molar-refractivity contribution is 6.35. The van der Waals surface area contributed by atoms with Crippen molar-refractivity contribution in [3.63, 3.8) is 0 Å². The van der Waals surface area contributed by atoms with Crippen molar-refractivity contribution in [2.75, 3.05) is 26.2 Å². The highest BCUT2D eigenvalue weighted by atomic mass is 35.5. The van der Waals surface area contributed by atoms with E-state index in [1.165, 1.54) is 11.1 Å². The van der Waals surface area contributed by atoms with Crippen molar-refractivity contribution in [2.24, 2.45) is 7.05 Å². The van der Waals surface area contributed by atoms with Gasteiger partial charge in [0, 0.05) is 55.7 Å². The Morgan fingerprint density at radius 3 is 2.48 bits per heavy atom. The van der Waals surface area contributed by atoms with Crippen LogP contribution in [0.5, 0.6) is 0 Å². The minimum Gasteiger partial charge on any atom is -0.340 e. The minimum absolute atomic E-state index is 0.0836. The number of halogens is 1. The maximum atomic E-state index is 13.1. The van der Waals surface area contributed by atoms with Crippen LogP contribution < -0.4 is 0 Å². The Kier molecular flexibility index (Phi) is 4.94. The molecule has 2 aromatic carbocycles. The largest absolute Gasteiger partial charge is 0.340 e. The minimum atomic E-state index is 0.0836. The molecule has 1 aliphatic rings. The fourth-order valence-corrected chi connectivity index (χ4v) is 4.05. The summed E-state index contributed by atoms with van der Waals surface area (Å²) in [4.78, 5) is 17.4. The summed E-state index contributed by atoms with van der Waals surface area (Å²) in [6.45, 7) is 6.38. The SMILES string of the molecule is Cc1ccccc1CN1CCN(C(=O)c2cc3c(Cl)cccc3n2C)CC1. The normalized spacial score (nSPS) is 15.4. The maximum Gasteiger partial charge on any atom is 0.270 e. The Labute approximate surface area is 164 Å². The number of hydrogen-bond acceptors (Lipinski definition) is 2. The van der Waals surface area contributed by atoms with E-state index in [4.69, 9.17) is 11.6 Å². The lowest BCUT2D eigenvalue weighted by molar-refractivity contribution is 0.0619. The third-order valence-electron chi connectivity index (χ3n) is 5.57. The molecule has 0 N–H and O–H groups in total. The summed E-state index contributed by atoms with van der Waals surface area (Å²) in [5.74, 6) is 0.0836. The summed E-state index contributed by atoms with van der Waals surface area (Å²) >= 11 is 6.30. The molecule has 2 heterocycles. The van der Waals surface area contributed by atoms with Crippen molar-refractivity contribution >= 4 is 28.4 Å². The van der Waals surface area contributed by atoms with Gasteiger partial charge in [0.2, 0.25) is 0 Å². The van der Waals surface area contributed by atoms with Crippen LogP contribution in [0, 0.1) is 6.92 Å². The molecule has 4 nitrogen and oxygen atoms in total. The molecule has 1 saturated heterocycles. The van der Waals surface area contributed by atoms with E-state index >= 15 is 0 Å². The molecule has 0 unspecified atom stereocenters. The highest BCUT2D eigenvalue weighted by Gasteiger charge is 2.25. The van der Waals surface area contributed by atoms with Crippen LogP contribution in [0.3, 0.4) is 0 Å². The summed E-state index contributed by atoms with van der Waals surface area (Å²) in [6.07, 6.45) is 0.